The van der Waals surface area contributed by atoms with E-state index in [-0.39, 0.29) is 0 Å². The molecule has 0 aliphatic heterocycles. The topological polar surface area (TPSA) is 0 Å². The summed E-state index contributed by atoms with van der Waals surface area (Å²) >= 11 is 11.4. The lowest BCUT2D eigenvalue weighted by Gasteiger charge is -1.96. The second-order valence-corrected chi connectivity index (χ2v) is 3.81. The van der Waals surface area contributed by atoms with Crippen molar-refractivity contribution < 1.29 is 0 Å². The van der Waals surface area contributed by atoms with Crippen LogP contribution in [0.4, 0.5) is 0 Å². The minimum absolute atomic E-state index is 0.622. The van der Waals surface area contributed by atoms with Crippen LogP contribution in [0.2, 0.25) is 10.0 Å². The molecule has 0 nitrogen and oxygen atoms in total. The molecule has 0 atom stereocenters. The highest BCUT2D eigenvalue weighted by molar-refractivity contribution is 6.42. The molecular weight excluding hydrogens is 227 g/mol. The molecule has 0 unspecified atom stereocenters. The third-order valence-electron chi connectivity index (χ3n) is 1.81. The third kappa shape index (κ3) is 4.37. The van der Waals surface area contributed by atoms with Crippen LogP contribution in [-0.2, 0) is 0 Å². The Balaban J connectivity index is 0.000000162. The summed E-state index contributed by atoms with van der Waals surface area (Å²) in [6.45, 7) is 1.92. The van der Waals surface area contributed by atoms with E-state index in [1.54, 1.807) is 6.07 Å². The number of hydrogen-bond acceptors (Lipinski definition) is 0. The lowest BCUT2D eigenvalue weighted by atomic mass is 10.2. The van der Waals surface area contributed by atoms with Crippen molar-refractivity contribution in [2.24, 2.45) is 0 Å². The lowest BCUT2D eigenvalue weighted by Crippen LogP contribution is -1.73. The molecule has 0 saturated carbocycles. The molecule has 0 saturated heterocycles. The molecule has 0 heterocycles. The summed E-state index contributed by atoms with van der Waals surface area (Å²) in [7, 11) is 0. The van der Waals surface area contributed by atoms with Crippen molar-refractivity contribution >= 4 is 23.2 Å². The Labute approximate surface area is 100 Å². The Morgan fingerprint density at radius 1 is 0.733 bits per heavy atom. The van der Waals surface area contributed by atoms with Gasteiger partial charge in [0.2, 0.25) is 0 Å². The van der Waals surface area contributed by atoms with Crippen molar-refractivity contribution in [1.82, 2.24) is 0 Å². The largest absolute Gasteiger partial charge is 0.0827 e. The first kappa shape index (κ1) is 12.1. The summed E-state index contributed by atoms with van der Waals surface area (Å²) in [6, 6.07) is 17.6. The normalized spacial score (nSPS) is 9.00. The Bertz CT molecular complexity index is 350. The lowest BCUT2D eigenvalue weighted by molar-refractivity contribution is 1.47. The van der Waals surface area contributed by atoms with E-state index in [0.717, 1.165) is 5.56 Å². The van der Waals surface area contributed by atoms with Crippen LogP contribution in [0.15, 0.2) is 54.6 Å². The van der Waals surface area contributed by atoms with Crippen LogP contribution in [0.25, 0.3) is 0 Å². The molecule has 0 N–H and O–H groups in total. The monoisotopic (exact) mass is 238 g/mol. The van der Waals surface area contributed by atoms with E-state index in [1.165, 1.54) is 0 Å². The second-order valence-electron chi connectivity index (χ2n) is 3.03. The van der Waals surface area contributed by atoms with E-state index in [4.69, 9.17) is 23.2 Å². The van der Waals surface area contributed by atoms with Crippen molar-refractivity contribution in [2.45, 2.75) is 6.92 Å². The Kier molecular flexibility index (Phi) is 5.23. The van der Waals surface area contributed by atoms with Gasteiger partial charge in [-0.2, -0.15) is 0 Å². The first-order valence-corrected chi connectivity index (χ1v) is 5.38. The van der Waals surface area contributed by atoms with E-state index in [2.05, 4.69) is 0 Å². The highest BCUT2D eigenvalue weighted by Gasteiger charge is 1.96. The molecule has 2 rings (SSSR count). The molecule has 0 aliphatic carbocycles. The van der Waals surface area contributed by atoms with Crippen LogP contribution in [0.1, 0.15) is 5.56 Å². The van der Waals surface area contributed by atoms with E-state index >= 15 is 0 Å². The van der Waals surface area contributed by atoms with E-state index in [9.17, 15) is 0 Å². The Morgan fingerprint density at radius 2 is 1.20 bits per heavy atom. The molecule has 0 aliphatic rings. The fourth-order valence-corrected chi connectivity index (χ4v) is 1.34. The summed E-state index contributed by atoms with van der Waals surface area (Å²) < 4.78 is 0. The van der Waals surface area contributed by atoms with Gasteiger partial charge in [-0.1, -0.05) is 71.7 Å². The fraction of sp³-hybridized carbons (Fsp3) is 0.0769. The van der Waals surface area contributed by atoms with Gasteiger partial charge in [-0.25, -0.2) is 0 Å². The molecule has 2 heteroatoms. The van der Waals surface area contributed by atoms with Crippen LogP contribution < -0.4 is 0 Å². The molecule has 0 aromatic heterocycles. The summed E-state index contributed by atoms with van der Waals surface area (Å²) in [5, 5.41) is 1.27. The van der Waals surface area contributed by atoms with Crippen LogP contribution in [0, 0.1) is 6.92 Å². The molecule has 2 aromatic rings. The highest BCUT2D eigenvalue weighted by atomic mass is 35.5. The maximum atomic E-state index is 5.75. The first-order chi connectivity index (χ1) is 7.22. The van der Waals surface area contributed by atoms with Crippen molar-refractivity contribution in [2.75, 3.05) is 0 Å². The first-order valence-electron chi connectivity index (χ1n) is 4.62. The van der Waals surface area contributed by atoms with Gasteiger partial charge in [0.1, 0.15) is 0 Å². The van der Waals surface area contributed by atoms with E-state index in [1.807, 2.05) is 55.5 Å². The van der Waals surface area contributed by atoms with Crippen molar-refractivity contribution in [3.63, 3.8) is 0 Å². The van der Waals surface area contributed by atoms with Gasteiger partial charge < -0.3 is 0 Å². The van der Waals surface area contributed by atoms with Gasteiger partial charge >= 0.3 is 0 Å². The number of aryl methyl sites for hydroxylation is 1. The van der Waals surface area contributed by atoms with Gasteiger partial charge in [0.05, 0.1) is 10.0 Å². The summed E-state index contributed by atoms with van der Waals surface area (Å²) in [5.74, 6) is 0. The summed E-state index contributed by atoms with van der Waals surface area (Å²) in [4.78, 5) is 0. The van der Waals surface area contributed by atoms with Gasteiger partial charge in [-0.3, -0.25) is 0 Å². The molecule has 0 spiro atoms. The van der Waals surface area contributed by atoms with Crippen LogP contribution in [0.3, 0.4) is 0 Å². The van der Waals surface area contributed by atoms with Crippen molar-refractivity contribution in [3.05, 3.63) is 70.2 Å². The average Bonchev–Trinajstić information content (AvgIpc) is 2.29. The minimum Gasteiger partial charge on any atom is -0.0827 e. The predicted molar refractivity (Wildman–Crippen MR) is 67.6 cm³/mol. The van der Waals surface area contributed by atoms with Crippen LogP contribution in [0.5, 0.6) is 0 Å². The maximum Gasteiger partial charge on any atom is 0.0621 e. The highest BCUT2D eigenvalue weighted by Crippen LogP contribution is 2.24. The zero-order valence-electron chi connectivity index (χ0n) is 8.45. The van der Waals surface area contributed by atoms with Gasteiger partial charge in [-0.15, -0.1) is 0 Å². The zero-order chi connectivity index (χ0) is 11.1. The predicted octanol–water partition coefficient (Wildman–Crippen LogP) is 4.99. The number of hydrogen-bond donors (Lipinski definition) is 0. The van der Waals surface area contributed by atoms with E-state index < -0.39 is 0 Å². The average molecular weight is 239 g/mol. The molecule has 0 amide bonds. The SMILES string of the molecule is Cc1cccc(Cl)c1Cl.c1ccccc1. The molecular formula is C13H12Cl2. The van der Waals surface area contributed by atoms with Gasteiger partial charge in [0.15, 0.2) is 0 Å². The standard InChI is InChI=1S/C7H6Cl2.C6H6/c1-5-3-2-4-6(8)7(5)9;1-2-4-6-5-3-1/h2-4H,1H3;1-6H. The number of benzene rings is 2. The summed E-state index contributed by atoms with van der Waals surface area (Å²) in [6.07, 6.45) is 0. The second kappa shape index (κ2) is 6.49. The number of halogens is 2. The molecule has 0 radical (unpaired) electrons. The number of rotatable bonds is 0. The van der Waals surface area contributed by atoms with Crippen LogP contribution in [-0.4, -0.2) is 0 Å². The van der Waals surface area contributed by atoms with Gasteiger partial charge in [0.25, 0.3) is 0 Å². The maximum absolute atomic E-state index is 5.75. The van der Waals surface area contributed by atoms with E-state index in [0.29, 0.717) is 10.0 Å². The molecule has 78 valence electrons. The smallest absolute Gasteiger partial charge is 0.0621 e. The quantitative estimate of drug-likeness (QED) is 0.607. The Hall–Kier alpha value is -0.980. The van der Waals surface area contributed by atoms with Crippen LogP contribution >= 0.6 is 23.2 Å². The molecule has 15 heavy (non-hydrogen) atoms. The van der Waals surface area contributed by atoms with Crippen molar-refractivity contribution in [1.29, 1.82) is 0 Å². The Morgan fingerprint density at radius 3 is 1.53 bits per heavy atom. The minimum atomic E-state index is 0.622. The van der Waals surface area contributed by atoms with Crippen molar-refractivity contribution in [3.8, 4) is 0 Å². The van der Waals surface area contributed by atoms with Gasteiger partial charge in [0, 0.05) is 0 Å². The molecule has 0 fully saturated rings. The zero-order valence-corrected chi connectivity index (χ0v) is 9.96. The molecule has 0 bridgehead atoms. The van der Waals surface area contributed by atoms with Gasteiger partial charge in [-0.05, 0) is 18.6 Å². The third-order valence-corrected chi connectivity index (χ3v) is 2.72. The summed E-state index contributed by atoms with van der Waals surface area (Å²) in [5.41, 5.74) is 1.02. The fourth-order valence-electron chi connectivity index (χ4n) is 0.997. The molecule has 2 aromatic carbocycles.